The molecule has 2 amide bonds. The Morgan fingerprint density at radius 3 is 2.60 bits per heavy atom. The highest BCUT2D eigenvalue weighted by Crippen LogP contribution is 2.23. The van der Waals surface area contributed by atoms with E-state index in [-0.39, 0.29) is 23.6 Å². The van der Waals surface area contributed by atoms with Gasteiger partial charge < -0.3 is 20.1 Å². The van der Waals surface area contributed by atoms with Gasteiger partial charge in [0.05, 0.1) is 6.54 Å². The van der Waals surface area contributed by atoms with Gasteiger partial charge in [-0.1, -0.05) is 0 Å². The quantitative estimate of drug-likeness (QED) is 0.796. The van der Waals surface area contributed by atoms with Gasteiger partial charge in [-0.2, -0.15) is 0 Å². The molecular formula is C18H26N4O3. The van der Waals surface area contributed by atoms with E-state index in [1.165, 1.54) is 6.92 Å². The molecule has 2 aliphatic rings. The van der Waals surface area contributed by atoms with Gasteiger partial charge in [0.1, 0.15) is 5.69 Å². The minimum atomic E-state index is -0.0830. The molecule has 0 aliphatic carbocycles. The van der Waals surface area contributed by atoms with Crippen molar-refractivity contribution in [1.29, 1.82) is 0 Å². The fourth-order valence-electron chi connectivity index (χ4n) is 4.05. The Morgan fingerprint density at radius 2 is 1.96 bits per heavy atom. The molecule has 0 bridgehead atoms. The zero-order valence-electron chi connectivity index (χ0n) is 15.1. The normalized spacial score (nSPS) is 21.6. The Bertz CT molecular complexity index is 709. The number of hydrogen-bond acceptors (Lipinski definition) is 4. The standard InChI is InChI=1S/C18H26N4O3/c1-11-16(13(3)23)12(2)20-17(11)18(25)21-7-4-5-14(10-21)22-8-6-19-9-15(22)24/h14,19-20H,4-10H2,1-3H3. The lowest BCUT2D eigenvalue weighted by molar-refractivity contribution is -0.135. The molecule has 1 atom stereocenters. The highest BCUT2D eigenvalue weighted by atomic mass is 16.2. The predicted octanol–water partition coefficient (Wildman–Crippen LogP) is 0.871. The summed E-state index contributed by atoms with van der Waals surface area (Å²) in [6.07, 6.45) is 1.81. The second-order valence-corrected chi connectivity index (χ2v) is 6.99. The molecule has 1 aromatic rings. The van der Waals surface area contributed by atoms with Crippen LogP contribution in [0.15, 0.2) is 0 Å². The number of carbonyl (C=O) groups excluding carboxylic acids is 3. The summed E-state index contributed by atoms with van der Waals surface area (Å²) in [4.78, 5) is 43.7. The molecule has 0 spiro atoms. The molecule has 3 heterocycles. The van der Waals surface area contributed by atoms with Crippen molar-refractivity contribution in [2.75, 3.05) is 32.7 Å². The van der Waals surface area contributed by atoms with Crippen LogP contribution < -0.4 is 5.32 Å². The number of H-pyrrole nitrogens is 1. The maximum absolute atomic E-state index is 13.0. The fourth-order valence-corrected chi connectivity index (χ4v) is 4.05. The molecule has 136 valence electrons. The molecule has 2 fully saturated rings. The number of nitrogens with one attached hydrogen (secondary N) is 2. The van der Waals surface area contributed by atoms with Crippen LogP contribution in [-0.2, 0) is 4.79 Å². The molecule has 25 heavy (non-hydrogen) atoms. The Morgan fingerprint density at radius 1 is 1.20 bits per heavy atom. The third-order valence-electron chi connectivity index (χ3n) is 5.25. The van der Waals surface area contributed by atoms with Crippen LogP contribution >= 0.6 is 0 Å². The first-order valence-corrected chi connectivity index (χ1v) is 8.89. The molecule has 7 nitrogen and oxygen atoms in total. The van der Waals surface area contributed by atoms with Crippen LogP contribution in [0.3, 0.4) is 0 Å². The van der Waals surface area contributed by atoms with Gasteiger partial charge in [0.2, 0.25) is 5.91 Å². The van der Waals surface area contributed by atoms with E-state index in [4.69, 9.17) is 0 Å². The number of amides is 2. The van der Waals surface area contributed by atoms with Crippen molar-refractivity contribution >= 4 is 17.6 Å². The molecule has 0 saturated carbocycles. The Balaban J connectivity index is 1.77. The third-order valence-corrected chi connectivity index (χ3v) is 5.25. The number of likely N-dealkylation sites (tertiary alicyclic amines) is 1. The number of hydrogen-bond donors (Lipinski definition) is 2. The molecule has 1 aromatic heterocycles. The van der Waals surface area contributed by atoms with E-state index in [0.717, 1.165) is 30.6 Å². The molecule has 7 heteroatoms. The average molecular weight is 346 g/mol. The largest absolute Gasteiger partial charge is 0.354 e. The van der Waals surface area contributed by atoms with E-state index >= 15 is 0 Å². The highest BCUT2D eigenvalue weighted by Gasteiger charge is 2.33. The number of aromatic amines is 1. The van der Waals surface area contributed by atoms with E-state index in [2.05, 4.69) is 10.3 Å². The summed E-state index contributed by atoms with van der Waals surface area (Å²) in [5, 5.41) is 3.08. The summed E-state index contributed by atoms with van der Waals surface area (Å²) >= 11 is 0. The number of carbonyl (C=O) groups is 3. The Kier molecular flexibility index (Phi) is 4.94. The van der Waals surface area contributed by atoms with Crippen molar-refractivity contribution in [2.45, 2.75) is 39.7 Å². The second-order valence-electron chi connectivity index (χ2n) is 6.99. The second kappa shape index (κ2) is 7.00. The predicted molar refractivity (Wildman–Crippen MR) is 93.8 cm³/mol. The molecule has 0 aromatic carbocycles. The summed E-state index contributed by atoms with van der Waals surface area (Å²) in [6.45, 7) is 8.26. The van der Waals surface area contributed by atoms with Crippen LogP contribution in [0.1, 0.15) is 51.9 Å². The average Bonchev–Trinajstić information content (AvgIpc) is 2.89. The number of piperidine rings is 1. The minimum Gasteiger partial charge on any atom is -0.354 e. The van der Waals surface area contributed by atoms with Gasteiger partial charge >= 0.3 is 0 Å². The first-order valence-electron chi connectivity index (χ1n) is 8.89. The SMILES string of the molecule is CC(=O)c1c(C)[nH]c(C(=O)N2CCCC(N3CCNCC3=O)C2)c1C. The summed E-state index contributed by atoms with van der Waals surface area (Å²) in [5.41, 5.74) is 2.55. The van der Waals surface area contributed by atoms with E-state index < -0.39 is 0 Å². The number of rotatable bonds is 3. The molecule has 2 N–H and O–H groups in total. The number of aryl methyl sites for hydroxylation is 1. The van der Waals surface area contributed by atoms with Gasteiger partial charge in [-0.15, -0.1) is 0 Å². The number of aromatic nitrogens is 1. The molecule has 0 radical (unpaired) electrons. The van der Waals surface area contributed by atoms with E-state index in [1.54, 1.807) is 0 Å². The van der Waals surface area contributed by atoms with Crippen LogP contribution in [0.2, 0.25) is 0 Å². The number of piperazine rings is 1. The monoisotopic (exact) mass is 346 g/mol. The Labute approximate surface area is 147 Å². The fraction of sp³-hybridized carbons (Fsp3) is 0.611. The lowest BCUT2D eigenvalue weighted by Gasteiger charge is -2.41. The van der Waals surface area contributed by atoms with Crippen molar-refractivity contribution in [1.82, 2.24) is 20.1 Å². The van der Waals surface area contributed by atoms with Gasteiger partial charge in [-0.3, -0.25) is 14.4 Å². The summed E-state index contributed by atoms with van der Waals surface area (Å²) in [5.74, 6) is -0.00932. The summed E-state index contributed by atoms with van der Waals surface area (Å²) in [6, 6.07) is 0.0796. The van der Waals surface area contributed by atoms with E-state index in [9.17, 15) is 14.4 Å². The number of nitrogens with zero attached hydrogens (tertiary/aromatic N) is 2. The zero-order valence-corrected chi connectivity index (χ0v) is 15.1. The lowest BCUT2D eigenvalue weighted by atomic mass is 10.0. The van der Waals surface area contributed by atoms with Gasteiger partial charge in [0, 0.05) is 43.5 Å². The lowest BCUT2D eigenvalue weighted by Crippen LogP contribution is -2.57. The van der Waals surface area contributed by atoms with Crippen molar-refractivity contribution in [3.05, 3.63) is 22.5 Å². The maximum Gasteiger partial charge on any atom is 0.270 e. The molecule has 3 rings (SSSR count). The van der Waals surface area contributed by atoms with E-state index in [1.807, 2.05) is 23.6 Å². The third kappa shape index (κ3) is 3.33. The van der Waals surface area contributed by atoms with Crippen molar-refractivity contribution in [3.63, 3.8) is 0 Å². The molecule has 2 aliphatic heterocycles. The first-order chi connectivity index (χ1) is 11.9. The maximum atomic E-state index is 13.0. The first kappa shape index (κ1) is 17.7. The van der Waals surface area contributed by atoms with Gasteiger partial charge in [0.15, 0.2) is 5.78 Å². The van der Waals surface area contributed by atoms with Gasteiger partial charge in [-0.05, 0) is 39.2 Å². The van der Waals surface area contributed by atoms with Gasteiger partial charge in [0.25, 0.3) is 5.91 Å². The minimum absolute atomic E-state index is 0.0340. The van der Waals surface area contributed by atoms with Gasteiger partial charge in [-0.25, -0.2) is 0 Å². The summed E-state index contributed by atoms with van der Waals surface area (Å²) < 4.78 is 0. The van der Waals surface area contributed by atoms with Crippen LogP contribution in [0.25, 0.3) is 0 Å². The smallest absolute Gasteiger partial charge is 0.270 e. The molecule has 2 saturated heterocycles. The highest BCUT2D eigenvalue weighted by molar-refractivity contribution is 6.02. The van der Waals surface area contributed by atoms with Crippen molar-refractivity contribution in [3.8, 4) is 0 Å². The van der Waals surface area contributed by atoms with E-state index in [0.29, 0.717) is 37.4 Å². The summed E-state index contributed by atoms with van der Waals surface area (Å²) in [7, 11) is 0. The number of ketones is 1. The topological polar surface area (TPSA) is 85.5 Å². The molecule has 1 unspecified atom stereocenters. The van der Waals surface area contributed by atoms with Crippen molar-refractivity contribution in [2.24, 2.45) is 0 Å². The molecular weight excluding hydrogens is 320 g/mol. The van der Waals surface area contributed by atoms with Crippen molar-refractivity contribution < 1.29 is 14.4 Å². The zero-order chi connectivity index (χ0) is 18.1. The number of Topliss-reactive ketones (excluding diaryl/α,β-unsaturated/α-hetero) is 1. The van der Waals surface area contributed by atoms with Crippen LogP contribution in [0.5, 0.6) is 0 Å². The van der Waals surface area contributed by atoms with Crippen LogP contribution in [-0.4, -0.2) is 71.1 Å². The van der Waals surface area contributed by atoms with Crippen LogP contribution in [0, 0.1) is 13.8 Å². The van der Waals surface area contributed by atoms with Crippen LogP contribution in [0.4, 0.5) is 0 Å². The Hall–Kier alpha value is -2.15.